The van der Waals surface area contributed by atoms with Crippen molar-refractivity contribution in [2.24, 2.45) is 0 Å². The summed E-state index contributed by atoms with van der Waals surface area (Å²) >= 11 is 0. The number of esters is 1. The number of rotatable bonds is 7. The molecule has 0 aliphatic heterocycles. The third kappa shape index (κ3) is 4.69. The molecule has 0 saturated carbocycles. The fourth-order valence-corrected chi connectivity index (χ4v) is 2.57. The number of hydrogen-bond acceptors (Lipinski definition) is 3. The van der Waals surface area contributed by atoms with Gasteiger partial charge < -0.3 is 9.64 Å². The summed E-state index contributed by atoms with van der Waals surface area (Å²) in [4.78, 5) is 26.3. The average Bonchev–Trinajstić information content (AvgIpc) is 2.63. The molecular formula is C20H23NO3. The van der Waals surface area contributed by atoms with Gasteiger partial charge in [0.15, 0.2) is 0 Å². The van der Waals surface area contributed by atoms with Gasteiger partial charge in [-0.2, -0.15) is 0 Å². The molecule has 1 unspecified atom stereocenters. The van der Waals surface area contributed by atoms with Crippen LogP contribution in [0.1, 0.15) is 42.2 Å². The summed E-state index contributed by atoms with van der Waals surface area (Å²) < 4.78 is 4.99. The van der Waals surface area contributed by atoms with E-state index < -0.39 is 0 Å². The summed E-state index contributed by atoms with van der Waals surface area (Å²) in [5.74, 6) is -0.375. The van der Waals surface area contributed by atoms with Crippen molar-refractivity contribution in [2.75, 3.05) is 13.2 Å². The minimum absolute atomic E-state index is 0.0868. The molecule has 0 aromatic heterocycles. The molecule has 0 N–H and O–H groups in total. The van der Waals surface area contributed by atoms with Crippen LogP contribution < -0.4 is 0 Å². The first-order valence-corrected chi connectivity index (χ1v) is 8.20. The number of nitrogens with zero attached hydrogens (tertiary/aromatic N) is 1. The fraction of sp³-hybridized carbons (Fsp3) is 0.300. The molecule has 2 rings (SSSR count). The van der Waals surface area contributed by atoms with Crippen molar-refractivity contribution in [3.63, 3.8) is 0 Å². The number of carbonyl (C=O) groups excluding carboxylic acids is 2. The molecular weight excluding hydrogens is 302 g/mol. The van der Waals surface area contributed by atoms with Crippen molar-refractivity contribution in [1.29, 1.82) is 0 Å². The second-order valence-corrected chi connectivity index (χ2v) is 5.51. The Kier molecular flexibility index (Phi) is 6.55. The molecule has 0 spiro atoms. The van der Waals surface area contributed by atoms with Crippen LogP contribution in [0.25, 0.3) is 0 Å². The van der Waals surface area contributed by atoms with Gasteiger partial charge in [0.25, 0.3) is 5.91 Å². The first-order valence-electron chi connectivity index (χ1n) is 8.20. The van der Waals surface area contributed by atoms with Gasteiger partial charge in [0, 0.05) is 12.1 Å². The molecule has 0 heterocycles. The van der Waals surface area contributed by atoms with Gasteiger partial charge in [-0.15, -0.1) is 0 Å². The van der Waals surface area contributed by atoms with Crippen LogP contribution in [-0.4, -0.2) is 29.9 Å². The molecule has 0 aliphatic carbocycles. The van der Waals surface area contributed by atoms with E-state index in [2.05, 4.69) is 0 Å². The molecule has 0 bridgehead atoms. The van der Waals surface area contributed by atoms with Gasteiger partial charge in [0.05, 0.1) is 19.1 Å². The van der Waals surface area contributed by atoms with Gasteiger partial charge in [-0.05, 0) is 31.5 Å². The number of hydrogen-bond donors (Lipinski definition) is 0. The van der Waals surface area contributed by atoms with Crippen LogP contribution in [0.15, 0.2) is 60.7 Å². The van der Waals surface area contributed by atoms with E-state index in [1.165, 1.54) is 0 Å². The average molecular weight is 325 g/mol. The highest BCUT2D eigenvalue weighted by Crippen LogP contribution is 2.22. The zero-order valence-electron chi connectivity index (χ0n) is 14.1. The summed E-state index contributed by atoms with van der Waals surface area (Å²) in [5.41, 5.74) is 1.65. The Bertz CT molecular complexity index is 655. The second-order valence-electron chi connectivity index (χ2n) is 5.51. The fourth-order valence-electron chi connectivity index (χ4n) is 2.57. The first kappa shape index (κ1) is 17.7. The quantitative estimate of drug-likeness (QED) is 0.727. The Labute approximate surface area is 143 Å². The standard InChI is InChI=1S/C20H23NO3/c1-3-24-19(22)14-15-21(16(2)17-10-6-4-7-11-17)20(23)18-12-8-5-9-13-18/h4-13,16H,3,14-15H2,1-2H3. The van der Waals surface area contributed by atoms with Gasteiger partial charge >= 0.3 is 5.97 Å². The van der Waals surface area contributed by atoms with Gasteiger partial charge in [0.1, 0.15) is 0 Å². The van der Waals surface area contributed by atoms with Gasteiger partial charge in [-0.3, -0.25) is 9.59 Å². The Morgan fingerprint density at radius 3 is 2.17 bits per heavy atom. The Hall–Kier alpha value is -2.62. The van der Waals surface area contributed by atoms with Crippen LogP contribution in [0.4, 0.5) is 0 Å². The molecule has 0 fully saturated rings. The normalized spacial score (nSPS) is 11.6. The Morgan fingerprint density at radius 1 is 1.00 bits per heavy atom. The highest BCUT2D eigenvalue weighted by Gasteiger charge is 2.23. The van der Waals surface area contributed by atoms with E-state index in [0.29, 0.717) is 18.7 Å². The Morgan fingerprint density at radius 2 is 1.58 bits per heavy atom. The van der Waals surface area contributed by atoms with Crippen LogP contribution >= 0.6 is 0 Å². The molecule has 4 heteroatoms. The molecule has 0 saturated heterocycles. The minimum Gasteiger partial charge on any atom is -0.466 e. The molecule has 0 aliphatic rings. The smallest absolute Gasteiger partial charge is 0.307 e. The summed E-state index contributed by atoms with van der Waals surface area (Å²) in [6.45, 7) is 4.42. The lowest BCUT2D eigenvalue weighted by Gasteiger charge is -2.29. The van der Waals surface area contributed by atoms with Crippen LogP contribution in [0.3, 0.4) is 0 Å². The van der Waals surface area contributed by atoms with Crippen molar-refractivity contribution in [3.8, 4) is 0 Å². The lowest BCUT2D eigenvalue weighted by atomic mass is 10.1. The zero-order valence-corrected chi connectivity index (χ0v) is 14.1. The molecule has 2 aromatic rings. The lowest BCUT2D eigenvalue weighted by Crippen LogP contribution is -2.35. The van der Waals surface area contributed by atoms with Crippen LogP contribution in [-0.2, 0) is 9.53 Å². The van der Waals surface area contributed by atoms with E-state index in [9.17, 15) is 9.59 Å². The predicted octanol–water partition coefficient (Wildman–Crippen LogP) is 3.84. The van der Waals surface area contributed by atoms with Crippen molar-refractivity contribution in [3.05, 3.63) is 71.8 Å². The van der Waals surface area contributed by atoms with Gasteiger partial charge in [-0.25, -0.2) is 0 Å². The maximum Gasteiger partial charge on any atom is 0.307 e. The Balaban J connectivity index is 2.20. The molecule has 1 amide bonds. The van der Waals surface area contributed by atoms with Crippen molar-refractivity contribution in [1.82, 2.24) is 4.90 Å². The molecule has 1 atom stereocenters. The van der Waals surface area contributed by atoms with Crippen LogP contribution in [0.5, 0.6) is 0 Å². The van der Waals surface area contributed by atoms with Crippen molar-refractivity contribution in [2.45, 2.75) is 26.3 Å². The van der Waals surface area contributed by atoms with Crippen molar-refractivity contribution < 1.29 is 14.3 Å². The van der Waals surface area contributed by atoms with E-state index in [1.54, 1.807) is 24.0 Å². The van der Waals surface area contributed by atoms with E-state index in [-0.39, 0.29) is 24.3 Å². The lowest BCUT2D eigenvalue weighted by molar-refractivity contribution is -0.143. The predicted molar refractivity (Wildman–Crippen MR) is 93.6 cm³/mol. The number of carbonyl (C=O) groups is 2. The van der Waals surface area contributed by atoms with E-state index in [1.807, 2.05) is 55.5 Å². The summed E-state index contributed by atoms with van der Waals surface area (Å²) in [7, 11) is 0. The van der Waals surface area contributed by atoms with E-state index in [0.717, 1.165) is 5.56 Å². The highest BCUT2D eigenvalue weighted by molar-refractivity contribution is 5.94. The second kappa shape index (κ2) is 8.87. The van der Waals surface area contributed by atoms with Gasteiger partial charge in [0.2, 0.25) is 0 Å². The monoisotopic (exact) mass is 325 g/mol. The van der Waals surface area contributed by atoms with Crippen LogP contribution in [0.2, 0.25) is 0 Å². The highest BCUT2D eigenvalue weighted by atomic mass is 16.5. The summed E-state index contributed by atoms with van der Waals surface area (Å²) in [6, 6.07) is 18.8. The first-order chi connectivity index (χ1) is 11.6. The third-order valence-corrected chi connectivity index (χ3v) is 3.89. The number of amides is 1. The maximum atomic E-state index is 12.9. The minimum atomic E-state index is -0.288. The number of benzene rings is 2. The van der Waals surface area contributed by atoms with E-state index in [4.69, 9.17) is 4.74 Å². The molecule has 2 aromatic carbocycles. The largest absolute Gasteiger partial charge is 0.466 e. The summed E-state index contributed by atoms with van der Waals surface area (Å²) in [6.07, 6.45) is 0.184. The maximum absolute atomic E-state index is 12.9. The van der Waals surface area contributed by atoms with Crippen LogP contribution in [0, 0.1) is 0 Å². The van der Waals surface area contributed by atoms with Crippen molar-refractivity contribution >= 4 is 11.9 Å². The SMILES string of the molecule is CCOC(=O)CCN(C(=O)c1ccccc1)C(C)c1ccccc1. The number of ether oxygens (including phenoxy) is 1. The topological polar surface area (TPSA) is 46.6 Å². The molecule has 4 nitrogen and oxygen atoms in total. The summed E-state index contributed by atoms with van der Waals surface area (Å²) in [5, 5.41) is 0. The molecule has 24 heavy (non-hydrogen) atoms. The zero-order chi connectivity index (χ0) is 17.4. The van der Waals surface area contributed by atoms with E-state index >= 15 is 0 Å². The molecule has 0 radical (unpaired) electrons. The third-order valence-electron chi connectivity index (χ3n) is 3.89. The van der Waals surface area contributed by atoms with Gasteiger partial charge in [-0.1, -0.05) is 48.5 Å². The molecule has 126 valence electrons.